The molecule has 2 aromatic carbocycles. The van der Waals surface area contributed by atoms with Gasteiger partial charge in [-0.15, -0.1) is 48.5 Å². The second kappa shape index (κ2) is 12.2. The molecular weight excluding hydrogens is 330 g/mol. The number of hydrogen-bond donors (Lipinski definition) is 0. The van der Waals surface area contributed by atoms with Gasteiger partial charge in [-0.1, -0.05) is 0 Å². The van der Waals surface area contributed by atoms with Gasteiger partial charge >= 0.3 is 59.1 Å². The summed E-state index contributed by atoms with van der Waals surface area (Å²) < 4.78 is 0. The standard InChI is InChI=1S/C16H8N2S2.2Na/c19-11-17-15-7-3-13(4-8-15)1-2-14-5-9-16(10-6-14)18-12-20;;/h1-3,5,7-10H;;/q-2;2*+1. The average molecular weight is 338 g/mol. The van der Waals surface area contributed by atoms with Crippen LogP contribution >= 0.6 is 24.4 Å². The van der Waals surface area contributed by atoms with Gasteiger partial charge in [-0.2, -0.15) is 23.3 Å². The Balaban J connectivity index is 0.00000220. The van der Waals surface area contributed by atoms with Crippen molar-refractivity contribution in [2.75, 3.05) is 0 Å². The molecule has 0 aliphatic heterocycles. The van der Waals surface area contributed by atoms with Gasteiger partial charge in [-0.25, -0.2) is 9.98 Å². The van der Waals surface area contributed by atoms with E-state index in [2.05, 4.69) is 56.9 Å². The second-order valence-corrected chi connectivity index (χ2v) is 4.11. The van der Waals surface area contributed by atoms with E-state index in [0.29, 0.717) is 0 Å². The summed E-state index contributed by atoms with van der Waals surface area (Å²) in [5.74, 6) is 0. The Morgan fingerprint density at radius 2 is 1.18 bits per heavy atom. The fourth-order valence-corrected chi connectivity index (χ4v) is 1.70. The van der Waals surface area contributed by atoms with Crippen molar-refractivity contribution in [2.24, 2.45) is 9.98 Å². The van der Waals surface area contributed by atoms with Gasteiger partial charge in [0.25, 0.3) is 0 Å². The minimum absolute atomic E-state index is 0. The van der Waals surface area contributed by atoms with Crippen LogP contribution in [0.2, 0.25) is 0 Å². The summed E-state index contributed by atoms with van der Waals surface area (Å²) in [6.07, 6.45) is 3.89. The number of thiocarbonyl (C=S) groups is 2. The van der Waals surface area contributed by atoms with E-state index in [-0.39, 0.29) is 59.1 Å². The molecule has 22 heavy (non-hydrogen) atoms. The van der Waals surface area contributed by atoms with Crippen LogP contribution in [0.25, 0.3) is 12.2 Å². The molecule has 0 aliphatic rings. The van der Waals surface area contributed by atoms with Crippen LogP contribution in [0.5, 0.6) is 0 Å². The molecule has 0 saturated heterocycles. The Morgan fingerprint density at radius 3 is 1.45 bits per heavy atom. The normalized spacial score (nSPS) is 8.91. The Labute approximate surface area is 185 Å². The fourth-order valence-electron chi connectivity index (χ4n) is 1.49. The van der Waals surface area contributed by atoms with Gasteiger partial charge < -0.3 is 0 Å². The van der Waals surface area contributed by atoms with Crippen LogP contribution in [0.3, 0.4) is 0 Å². The molecule has 0 heterocycles. The maximum Gasteiger partial charge on any atom is 1.00 e. The van der Waals surface area contributed by atoms with Gasteiger partial charge in [0.05, 0.1) is 10.3 Å². The van der Waals surface area contributed by atoms with Crippen molar-refractivity contribution in [3.8, 4) is 0 Å². The summed E-state index contributed by atoms with van der Waals surface area (Å²) in [7, 11) is 0. The van der Waals surface area contributed by atoms with E-state index in [0.717, 1.165) is 22.5 Å². The molecular formula is C16H8N2Na2S2. The molecule has 0 amide bonds. The van der Waals surface area contributed by atoms with E-state index in [1.807, 2.05) is 36.4 Å². The summed E-state index contributed by atoms with van der Waals surface area (Å²) in [5.41, 5.74) is 3.38. The monoisotopic (exact) mass is 338 g/mol. The topological polar surface area (TPSA) is 24.7 Å². The minimum Gasteiger partial charge on any atom is -0.245 e. The van der Waals surface area contributed by atoms with Gasteiger partial charge in [0.1, 0.15) is 0 Å². The third kappa shape index (κ3) is 7.36. The maximum absolute atomic E-state index is 4.54. The van der Waals surface area contributed by atoms with E-state index in [1.165, 1.54) is 0 Å². The molecule has 0 radical (unpaired) electrons. The SMILES string of the molecule is S=C=Nc1c[c-]c(C=Cc2[c-]cc(N=C=S)cc2)cc1.[Na+].[Na+]. The van der Waals surface area contributed by atoms with Crippen LogP contribution in [-0.2, 0) is 0 Å². The van der Waals surface area contributed by atoms with Gasteiger partial charge in [0.15, 0.2) is 0 Å². The summed E-state index contributed by atoms with van der Waals surface area (Å²) >= 11 is 9.09. The van der Waals surface area contributed by atoms with Gasteiger partial charge in [0, 0.05) is 0 Å². The molecule has 6 heteroatoms. The van der Waals surface area contributed by atoms with Crippen LogP contribution in [0, 0.1) is 12.1 Å². The molecule has 0 fully saturated rings. The van der Waals surface area contributed by atoms with Crippen LogP contribution < -0.4 is 59.1 Å². The van der Waals surface area contributed by atoms with E-state index in [4.69, 9.17) is 0 Å². The van der Waals surface area contributed by atoms with Crippen molar-refractivity contribution < 1.29 is 59.1 Å². The molecule has 0 aliphatic carbocycles. The fraction of sp³-hybridized carbons (Fsp3) is 0. The number of benzene rings is 2. The predicted molar refractivity (Wildman–Crippen MR) is 88.9 cm³/mol. The molecule has 2 aromatic rings. The first kappa shape index (κ1) is 21.8. The smallest absolute Gasteiger partial charge is 0.245 e. The number of rotatable bonds is 4. The zero-order valence-corrected chi connectivity index (χ0v) is 18.0. The van der Waals surface area contributed by atoms with Crippen molar-refractivity contribution in [2.45, 2.75) is 0 Å². The first-order valence-corrected chi connectivity index (χ1v) is 6.51. The number of hydrogen-bond acceptors (Lipinski definition) is 4. The molecule has 2 nitrogen and oxygen atoms in total. The number of isothiocyanates is 2. The largest absolute Gasteiger partial charge is 1.00 e. The Bertz CT molecular complexity index is 649. The van der Waals surface area contributed by atoms with Crippen molar-refractivity contribution in [1.29, 1.82) is 0 Å². The van der Waals surface area contributed by atoms with E-state index >= 15 is 0 Å². The van der Waals surface area contributed by atoms with Crippen molar-refractivity contribution in [3.05, 3.63) is 59.7 Å². The zero-order chi connectivity index (χ0) is 14.2. The number of nitrogens with zero attached hydrogens (tertiary/aromatic N) is 2. The summed E-state index contributed by atoms with van der Waals surface area (Å²) in [6.45, 7) is 0. The molecule has 0 bridgehead atoms. The van der Waals surface area contributed by atoms with Crippen molar-refractivity contribution in [3.63, 3.8) is 0 Å². The van der Waals surface area contributed by atoms with E-state index in [1.54, 1.807) is 12.1 Å². The minimum atomic E-state index is 0. The molecule has 0 atom stereocenters. The molecule has 0 N–H and O–H groups in total. The van der Waals surface area contributed by atoms with E-state index in [9.17, 15) is 0 Å². The van der Waals surface area contributed by atoms with Crippen LogP contribution in [0.1, 0.15) is 11.1 Å². The zero-order valence-electron chi connectivity index (χ0n) is 12.3. The van der Waals surface area contributed by atoms with Crippen molar-refractivity contribution >= 4 is 58.3 Å². The van der Waals surface area contributed by atoms with Gasteiger partial charge in [0.2, 0.25) is 0 Å². The number of aliphatic imine (C=N–C) groups is 2. The van der Waals surface area contributed by atoms with Crippen molar-refractivity contribution in [1.82, 2.24) is 0 Å². The summed E-state index contributed by atoms with van der Waals surface area (Å²) in [4.78, 5) is 7.74. The molecule has 2 rings (SSSR count). The van der Waals surface area contributed by atoms with Crippen LogP contribution in [-0.4, -0.2) is 10.3 Å². The third-order valence-corrected chi connectivity index (χ3v) is 2.62. The van der Waals surface area contributed by atoms with E-state index < -0.39 is 0 Å². The second-order valence-electron chi connectivity index (χ2n) is 3.74. The average Bonchev–Trinajstić information content (AvgIpc) is 2.49. The molecule has 0 saturated carbocycles. The Hall–Kier alpha value is -0.220. The first-order valence-electron chi connectivity index (χ1n) is 5.69. The van der Waals surface area contributed by atoms with Crippen LogP contribution in [0.4, 0.5) is 11.4 Å². The summed E-state index contributed by atoms with van der Waals surface area (Å²) in [6, 6.07) is 17.3. The third-order valence-electron chi connectivity index (χ3n) is 2.43. The van der Waals surface area contributed by atoms with Gasteiger partial charge in [-0.05, 0) is 35.8 Å². The quantitative estimate of drug-likeness (QED) is 0.233. The molecule has 0 unspecified atom stereocenters. The molecule has 96 valence electrons. The molecule has 0 spiro atoms. The first-order chi connectivity index (χ1) is 9.81. The van der Waals surface area contributed by atoms with Gasteiger partial charge in [-0.3, -0.25) is 0 Å². The Kier molecular flexibility index (Phi) is 12.1. The van der Waals surface area contributed by atoms with Crippen LogP contribution in [0.15, 0.2) is 46.4 Å². The molecule has 0 aromatic heterocycles. The summed E-state index contributed by atoms with van der Waals surface area (Å²) in [5, 5.41) is 4.64. The predicted octanol–water partition coefficient (Wildman–Crippen LogP) is -1.07. The maximum atomic E-state index is 4.54. The Morgan fingerprint density at radius 1 is 0.773 bits per heavy atom.